The van der Waals surface area contributed by atoms with Crippen LogP contribution in [0.1, 0.15) is 58.4 Å². The van der Waals surface area contributed by atoms with E-state index in [1.807, 2.05) is 13.0 Å². The highest BCUT2D eigenvalue weighted by molar-refractivity contribution is 5.93. The summed E-state index contributed by atoms with van der Waals surface area (Å²) in [6, 6.07) is 4.68. The molecule has 0 spiro atoms. The molecular weight excluding hydrogens is 380 g/mol. The molecule has 0 aliphatic heterocycles. The van der Waals surface area contributed by atoms with Gasteiger partial charge in [0.2, 0.25) is 0 Å². The minimum absolute atomic E-state index is 0.281. The first-order valence-corrected chi connectivity index (χ1v) is 10.8. The summed E-state index contributed by atoms with van der Waals surface area (Å²) in [5.41, 5.74) is 2.67. The van der Waals surface area contributed by atoms with Crippen molar-refractivity contribution in [2.75, 3.05) is 30.4 Å². The average molecular weight is 419 g/mol. The molecule has 0 radical (unpaired) electrons. The molecule has 0 saturated heterocycles. The Bertz CT molecular complexity index is 691. The summed E-state index contributed by atoms with van der Waals surface area (Å²) in [6.07, 6.45) is 5.59. The number of benzene rings is 1. The predicted octanol–water partition coefficient (Wildman–Crippen LogP) is 5.39. The van der Waals surface area contributed by atoms with Crippen LogP contribution < -0.4 is 21.3 Å². The van der Waals surface area contributed by atoms with Crippen LogP contribution in [0.4, 0.5) is 21.0 Å². The Kier molecular flexibility index (Phi) is 12.3. The van der Waals surface area contributed by atoms with E-state index in [0.29, 0.717) is 36.1 Å². The van der Waals surface area contributed by atoms with E-state index in [9.17, 15) is 9.59 Å². The molecule has 4 N–H and O–H groups in total. The van der Waals surface area contributed by atoms with E-state index in [2.05, 4.69) is 41.7 Å². The predicted molar refractivity (Wildman–Crippen MR) is 124 cm³/mol. The molecule has 168 valence electrons. The van der Waals surface area contributed by atoms with Gasteiger partial charge in [0.1, 0.15) is 0 Å². The Morgan fingerprint density at radius 2 is 1.90 bits per heavy atom. The molecule has 1 atom stereocenters. The Morgan fingerprint density at radius 1 is 1.13 bits per heavy atom. The second kappa shape index (κ2) is 14.4. The molecule has 0 saturated carbocycles. The Morgan fingerprint density at radius 3 is 2.57 bits per heavy atom. The quantitative estimate of drug-likeness (QED) is 0.323. The number of unbranched alkanes of at least 4 members (excludes halogenated alkanes) is 1. The second-order valence-electron chi connectivity index (χ2n) is 7.62. The van der Waals surface area contributed by atoms with Crippen LogP contribution in [0.2, 0.25) is 0 Å². The molecule has 1 aromatic rings. The summed E-state index contributed by atoms with van der Waals surface area (Å²) in [6.45, 7) is 13.6. The van der Waals surface area contributed by atoms with Crippen molar-refractivity contribution in [1.29, 1.82) is 0 Å². The van der Waals surface area contributed by atoms with E-state index in [0.717, 1.165) is 25.0 Å². The maximum Gasteiger partial charge on any atom is 0.323 e. The standard InChI is InChI=1S/C23H38N4O3/c1-6-8-10-19(7-2)16-30-14-9-13-24-22(28)27-21-15-20(12-11-18(21)5)26-23(29)25-17(3)4/h11-12,15,19H,3,6-10,13-14,16H2,1-2,4-5H3,(H2,24,27,28)(H2,25,26,29). The maximum atomic E-state index is 12.2. The van der Waals surface area contributed by atoms with Gasteiger partial charge >= 0.3 is 12.1 Å². The maximum absolute atomic E-state index is 12.2. The van der Waals surface area contributed by atoms with Crippen LogP contribution in [0.5, 0.6) is 0 Å². The van der Waals surface area contributed by atoms with Gasteiger partial charge in [-0.1, -0.05) is 45.8 Å². The number of ether oxygens (including phenoxy) is 1. The van der Waals surface area contributed by atoms with Gasteiger partial charge in [0.05, 0.1) is 0 Å². The van der Waals surface area contributed by atoms with E-state index < -0.39 is 0 Å². The first-order chi connectivity index (χ1) is 14.3. The van der Waals surface area contributed by atoms with Crippen molar-refractivity contribution in [3.8, 4) is 0 Å². The Hall–Kier alpha value is -2.54. The smallest absolute Gasteiger partial charge is 0.323 e. The molecule has 0 heterocycles. The minimum Gasteiger partial charge on any atom is -0.381 e. The fourth-order valence-electron chi connectivity index (χ4n) is 2.88. The average Bonchev–Trinajstić information content (AvgIpc) is 2.68. The first-order valence-electron chi connectivity index (χ1n) is 10.8. The van der Waals surface area contributed by atoms with Crippen molar-refractivity contribution < 1.29 is 14.3 Å². The molecule has 30 heavy (non-hydrogen) atoms. The highest BCUT2D eigenvalue weighted by Gasteiger charge is 2.08. The van der Waals surface area contributed by atoms with Gasteiger partial charge in [-0.15, -0.1) is 0 Å². The van der Waals surface area contributed by atoms with Gasteiger partial charge in [-0.3, -0.25) is 0 Å². The van der Waals surface area contributed by atoms with Gasteiger partial charge in [-0.05, 0) is 50.3 Å². The van der Waals surface area contributed by atoms with Gasteiger partial charge in [-0.25, -0.2) is 9.59 Å². The van der Waals surface area contributed by atoms with Crippen LogP contribution in [-0.4, -0.2) is 31.8 Å². The van der Waals surface area contributed by atoms with E-state index >= 15 is 0 Å². The van der Waals surface area contributed by atoms with Crippen LogP contribution in [0.3, 0.4) is 0 Å². The number of rotatable bonds is 13. The summed E-state index contributed by atoms with van der Waals surface area (Å²) in [5, 5.41) is 10.9. The number of hydrogen-bond donors (Lipinski definition) is 4. The molecule has 0 aliphatic carbocycles. The second-order valence-corrected chi connectivity index (χ2v) is 7.62. The van der Waals surface area contributed by atoms with E-state index in [1.54, 1.807) is 19.1 Å². The number of aryl methyl sites for hydroxylation is 1. The van der Waals surface area contributed by atoms with E-state index in [4.69, 9.17) is 4.74 Å². The lowest BCUT2D eigenvalue weighted by molar-refractivity contribution is 0.0925. The molecule has 0 aromatic heterocycles. The van der Waals surface area contributed by atoms with E-state index in [-0.39, 0.29) is 12.1 Å². The third kappa shape index (κ3) is 10.9. The van der Waals surface area contributed by atoms with Crippen molar-refractivity contribution >= 4 is 23.4 Å². The monoisotopic (exact) mass is 418 g/mol. The van der Waals surface area contributed by atoms with Gasteiger partial charge in [0.25, 0.3) is 0 Å². The zero-order chi connectivity index (χ0) is 22.4. The molecule has 0 fully saturated rings. The highest BCUT2D eigenvalue weighted by atomic mass is 16.5. The van der Waals surface area contributed by atoms with Crippen LogP contribution in [-0.2, 0) is 4.74 Å². The molecular formula is C23H38N4O3. The third-order valence-corrected chi connectivity index (χ3v) is 4.72. The van der Waals surface area contributed by atoms with Crippen molar-refractivity contribution in [1.82, 2.24) is 10.6 Å². The van der Waals surface area contributed by atoms with E-state index in [1.165, 1.54) is 19.3 Å². The molecule has 0 aliphatic rings. The largest absolute Gasteiger partial charge is 0.381 e. The molecule has 1 unspecified atom stereocenters. The summed E-state index contributed by atoms with van der Waals surface area (Å²) < 4.78 is 5.76. The first kappa shape index (κ1) is 25.5. The molecule has 4 amide bonds. The fourth-order valence-corrected chi connectivity index (χ4v) is 2.88. The Labute approximate surface area is 181 Å². The van der Waals surface area contributed by atoms with Crippen LogP contribution >= 0.6 is 0 Å². The SMILES string of the molecule is C=C(C)NC(=O)Nc1ccc(C)c(NC(=O)NCCCOCC(CC)CCCC)c1. The molecule has 0 bridgehead atoms. The number of anilines is 2. The van der Waals surface area contributed by atoms with Gasteiger partial charge in [-0.2, -0.15) is 0 Å². The van der Waals surface area contributed by atoms with Crippen molar-refractivity contribution in [3.63, 3.8) is 0 Å². The summed E-state index contributed by atoms with van der Waals surface area (Å²) in [4.78, 5) is 24.0. The number of amides is 4. The number of urea groups is 2. The number of nitrogens with one attached hydrogen (secondary N) is 4. The summed E-state index contributed by atoms with van der Waals surface area (Å²) in [7, 11) is 0. The van der Waals surface area contributed by atoms with Crippen LogP contribution in [0, 0.1) is 12.8 Å². The number of carbonyl (C=O) groups is 2. The highest BCUT2D eigenvalue weighted by Crippen LogP contribution is 2.20. The summed E-state index contributed by atoms with van der Waals surface area (Å²) >= 11 is 0. The van der Waals surface area contributed by atoms with Crippen LogP contribution in [0.15, 0.2) is 30.5 Å². The topological polar surface area (TPSA) is 91.5 Å². The van der Waals surface area contributed by atoms with Crippen LogP contribution in [0.25, 0.3) is 0 Å². The third-order valence-electron chi connectivity index (χ3n) is 4.72. The van der Waals surface area contributed by atoms with Gasteiger partial charge < -0.3 is 26.0 Å². The van der Waals surface area contributed by atoms with Crippen molar-refractivity contribution in [3.05, 3.63) is 36.0 Å². The lowest BCUT2D eigenvalue weighted by atomic mass is 10.0. The number of allylic oxidation sites excluding steroid dienone is 1. The molecule has 7 heteroatoms. The number of hydrogen-bond acceptors (Lipinski definition) is 3. The molecule has 1 rings (SSSR count). The van der Waals surface area contributed by atoms with Crippen molar-refractivity contribution in [2.45, 2.75) is 59.8 Å². The zero-order valence-electron chi connectivity index (χ0n) is 18.9. The number of carbonyl (C=O) groups excluding carboxylic acids is 2. The lowest BCUT2D eigenvalue weighted by Crippen LogP contribution is -2.30. The fraction of sp³-hybridized carbons (Fsp3) is 0.565. The van der Waals surface area contributed by atoms with Crippen molar-refractivity contribution in [2.24, 2.45) is 5.92 Å². The van der Waals surface area contributed by atoms with Gasteiger partial charge in [0.15, 0.2) is 0 Å². The normalized spacial score (nSPS) is 11.5. The zero-order valence-corrected chi connectivity index (χ0v) is 18.9. The molecule has 1 aromatic carbocycles. The summed E-state index contributed by atoms with van der Waals surface area (Å²) in [5.74, 6) is 0.627. The minimum atomic E-state index is -0.373. The lowest BCUT2D eigenvalue weighted by Gasteiger charge is -2.15. The molecule has 7 nitrogen and oxygen atoms in total. The van der Waals surface area contributed by atoms with Gasteiger partial charge in [0, 0.05) is 36.8 Å². The Balaban J connectivity index is 2.34.